The zero-order valence-corrected chi connectivity index (χ0v) is 13.2. The summed E-state index contributed by atoms with van der Waals surface area (Å²) in [5.74, 6) is 1.13. The van der Waals surface area contributed by atoms with Gasteiger partial charge < -0.3 is 9.42 Å². The van der Waals surface area contributed by atoms with Crippen LogP contribution in [0.3, 0.4) is 0 Å². The van der Waals surface area contributed by atoms with Gasteiger partial charge in [0.05, 0.1) is 17.8 Å². The number of halogens is 1. The average Bonchev–Trinajstić information content (AvgIpc) is 3.06. The van der Waals surface area contributed by atoms with E-state index in [1.54, 1.807) is 20.2 Å². The van der Waals surface area contributed by atoms with E-state index in [1.165, 1.54) is 15.8 Å². The predicted octanol–water partition coefficient (Wildman–Crippen LogP) is 2.26. The topological polar surface area (TPSA) is 77.0 Å². The van der Waals surface area contributed by atoms with Crippen LogP contribution < -0.4 is 0 Å². The van der Waals surface area contributed by atoms with Crippen molar-refractivity contribution in [3.63, 3.8) is 0 Å². The molecule has 0 saturated heterocycles. The van der Waals surface area contributed by atoms with Crippen molar-refractivity contribution in [1.82, 2.24) is 24.8 Å². The summed E-state index contributed by atoms with van der Waals surface area (Å²) < 4.78 is 6.66. The lowest BCUT2D eigenvalue weighted by Crippen LogP contribution is -2.33. The molecule has 1 atom stereocenters. The Bertz CT molecular complexity index is 622. The van der Waals surface area contributed by atoms with Crippen molar-refractivity contribution in [1.29, 1.82) is 0 Å². The third-order valence-corrected chi connectivity index (χ3v) is 3.27. The van der Waals surface area contributed by atoms with E-state index >= 15 is 0 Å². The van der Waals surface area contributed by atoms with Gasteiger partial charge in [-0.1, -0.05) is 30.6 Å². The first-order valence-electron chi connectivity index (χ1n) is 6.65. The number of aromatic nitrogens is 4. The van der Waals surface area contributed by atoms with Gasteiger partial charge in [0.15, 0.2) is 5.82 Å². The van der Waals surface area contributed by atoms with Crippen LogP contribution in [0.5, 0.6) is 0 Å². The van der Waals surface area contributed by atoms with Crippen molar-refractivity contribution < 1.29 is 9.32 Å². The second-order valence-electron chi connectivity index (χ2n) is 5.21. The van der Waals surface area contributed by atoms with E-state index in [1.807, 2.05) is 13.8 Å². The standard InChI is InChI=1S/C13H18ClN5O2/c1-8(2)12-16-11(21-17-12)7-18(4)13(20)9(3)19-6-10(14)5-15-19/h5-6,8-9H,7H2,1-4H3. The first-order valence-corrected chi connectivity index (χ1v) is 7.03. The number of carbonyl (C=O) groups excluding carboxylic acids is 1. The minimum absolute atomic E-state index is 0.112. The molecule has 0 saturated carbocycles. The number of nitrogens with zero attached hydrogens (tertiary/aromatic N) is 5. The monoisotopic (exact) mass is 311 g/mol. The zero-order chi connectivity index (χ0) is 15.6. The quantitative estimate of drug-likeness (QED) is 0.846. The average molecular weight is 312 g/mol. The minimum Gasteiger partial charge on any atom is -0.337 e. The molecule has 114 valence electrons. The summed E-state index contributed by atoms with van der Waals surface area (Å²) in [5, 5.41) is 8.41. The van der Waals surface area contributed by atoms with E-state index in [0.29, 0.717) is 16.7 Å². The Morgan fingerprint density at radius 2 is 2.19 bits per heavy atom. The Labute approximate surface area is 127 Å². The summed E-state index contributed by atoms with van der Waals surface area (Å²) >= 11 is 5.81. The van der Waals surface area contributed by atoms with Crippen molar-refractivity contribution in [2.45, 2.75) is 39.3 Å². The fraction of sp³-hybridized carbons (Fsp3) is 0.538. The third-order valence-electron chi connectivity index (χ3n) is 3.07. The molecule has 0 bridgehead atoms. The molecular formula is C13H18ClN5O2. The van der Waals surface area contributed by atoms with Gasteiger partial charge in [-0.3, -0.25) is 9.48 Å². The Morgan fingerprint density at radius 1 is 1.48 bits per heavy atom. The number of likely N-dealkylation sites (N-methyl/N-ethyl adjacent to an activating group) is 1. The molecule has 2 aromatic rings. The van der Waals surface area contributed by atoms with Gasteiger partial charge in [-0.2, -0.15) is 10.1 Å². The van der Waals surface area contributed by atoms with E-state index in [2.05, 4.69) is 15.2 Å². The molecule has 0 aliphatic carbocycles. The normalized spacial score (nSPS) is 12.7. The lowest BCUT2D eigenvalue weighted by molar-refractivity contribution is -0.134. The van der Waals surface area contributed by atoms with Crippen LogP contribution in [0, 0.1) is 0 Å². The molecule has 8 heteroatoms. The second-order valence-corrected chi connectivity index (χ2v) is 5.65. The molecule has 2 rings (SSSR count). The van der Waals surface area contributed by atoms with Gasteiger partial charge in [-0.25, -0.2) is 0 Å². The van der Waals surface area contributed by atoms with Gasteiger partial charge in [0.2, 0.25) is 11.8 Å². The molecule has 0 aliphatic heterocycles. The smallest absolute Gasteiger partial charge is 0.247 e. The molecule has 0 aliphatic rings. The Kier molecular flexibility index (Phi) is 4.62. The molecule has 21 heavy (non-hydrogen) atoms. The van der Waals surface area contributed by atoms with Crippen LogP contribution in [0.1, 0.15) is 44.4 Å². The van der Waals surface area contributed by atoms with Crippen LogP contribution in [0.15, 0.2) is 16.9 Å². The summed E-state index contributed by atoms with van der Waals surface area (Å²) in [6, 6.07) is -0.449. The van der Waals surface area contributed by atoms with E-state index in [4.69, 9.17) is 16.1 Å². The maximum absolute atomic E-state index is 12.3. The van der Waals surface area contributed by atoms with Crippen molar-refractivity contribution >= 4 is 17.5 Å². The van der Waals surface area contributed by atoms with Crippen LogP contribution in [0.2, 0.25) is 5.02 Å². The highest BCUT2D eigenvalue weighted by Gasteiger charge is 2.22. The fourth-order valence-electron chi connectivity index (χ4n) is 1.81. The highest BCUT2D eigenvalue weighted by Crippen LogP contribution is 2.15. The maximum atomic E-state index is 12.3. The molecule has 0 radical (unpaired) electrons. The van der Waals surface area contributed by atoms with Crippen molar-refractivity contribution in [2.24, 2.45) is 0 Å². The van der Waals surface area contributed by atoms with E-state index in [9.17, 15) is 4.79 Å². The third kappa shape index (κ3) is 3.60. The Morgan fingerprint density at radius 3 is 2.71 bits per heavy atom. The Balaban J connectivity index is 2.01. The van der Waals surface area contributed by atoms with Gasteiger partial charge in [-0.15, -0.1) is 0 Å². The first-order chi connectivity index (χ1) is 9.88. The molecular weight excluding hydrogens is 294 g/mol. The van der Waals surface area contributed by atoms with Gasteiger partial charge in [0, 0.05) is 19.2 Å². The number of rotatable bonds is 5. The molecule has 1 unspecified atom stereocenters. The van der Waals surface area contributed by atoms with Gasteiger partial charge in [0.25, 0.3) is 0 Å². The lowest BCUT2D eigenvalue weighted by Gasteiger charge is -2.19. The summed E-state index contributed by atoms with van der Waals surface area (Å²) in [7, 11) is 1.68. The minimum atomic E-state index is -0.449. The van der Waals surface area contributed by atoms with Crippen LogP contribution in [0.4, 0.5) is 0 Å². The molecule has 0 spiro atoms. The van der Waals surface area contributed by atoms with E-state index in [0.717, 1.165) is 0 Å². The van der Waals surface area contributed by atoms with E-state index < -0.39 is 6.04 Å². The predicted molar refractivity (Wildman–Crippen MR) is 76.8 cm³/mol. The van der Waals surface area contributed by atoms with Crippen LogP contribution in [-0.2, 0) is 11.3 Å². The van der Waals surface area contributed by atoms with Gasteiger partial charge >= 0.3 is 0 Å². The second kappa shape index (κ2) is 6.26. The van der Waals surface area contributed by atoms with Crippen LogP contribution in [0.25, 0.3) is 0 Å². The van der Waals surface area contributed by atoms with Crippen LogP contribution in [-0.4, -0.2) is 37.8 Å². The van der Waals surface area contributed by atoms with Crippen molar-refractivity contribution in [3.05, 3.63) is 29.1 Å². The van der Waals surface area contributed by atoms with E-state index in [-0.39, 0.29) is 18.4 Å². The lowest BCUT2D eigenvalue weighted by atomic mass is 10.2. The van der Waals surface area contributed by atoms with Gasteiger partial charge in [-0.05, 0) is 6.92 Å². The largest absolute Gasteiger partial charge is 0.337 e. The summed E-state index contributed by atoms with van der Waals surface area (Å²) in [6.45, 7) is 5.98. The summed E-state index contributed by atoms with van der Waals surface area (Å²) in [4.78, 5) is 18.1. The fourth-order valence-corrected chi connectivity index (χ4v) is 1.95. The molecule has 0 N–H and O–H groups in total. The summed E-state index contributed by atoms with van der Waals surface area (Å²) in [5.41, 5.74) is 0. The first kappa shape index (κ1) is 15.5. The molecule has 2 heterocycles. The molecule has 0 aromatic carbocycles. The van der Waals surface area contributed by atoms with Gasteiger partial charge in [0.1, 0.15) is 6.04 Å². The van der Waals surface area contributed by atoms with Crippen molar-refractivity contribution in [2.75, 3.05) is 7.05 Å². The maximum Gasteiger partial charge on any atom is 0.247 e. The summed E-state index contributed by atoms with van der Waals surface area (Å²) in [6.07, 6.45) is 3.11. The zero-order valence-electron chi connectivity index (χ0n) is 12.4. The molecule has 2 aromatic heterocycles. The van der Waals surface area contributed by atoms with Crippen molar-refractivity contribution in [3.8, 4) is 0 Å². The number of amides is 1. The number of hydrogen-bond donors (Lipinski definition) is 0. The Hall–Kier alpha value is -1.89. The number of hydrogen-bond acceptors (Lipinski definition) is 5. The van der Waals surface area contributed by atoms with Crippen LogP contribution >= 0.6 is 11.6 Å². The SMILES string of the molecule is CC(C)c1noc(CN(C)C(=O)C(C)n2cc(Cl)cn2)n1. The highest BCUT2D eigenvalue weighted by molar-refractivity contribution is 6.30. The number of carbonyl (C=O) groups is 1. The molecule has 7 nitrogen and oxygen atoms in total. The highest BCUT2D eigenvalue weighted by atomic mass is 35.5. The molecule has 0 fully saturated rings. The molecule has 1 amide bonds.